The molecule has 1 unspecified atom stereocenters. The van der Waals surface area contributed by atoms with E-state index in [1.54, 1.807) is 12.1 Å². The van der Waals surface area contributed by atoms with Gasteiger partial charge in [-0.2, -0.15) is 0 Å². The highest BCUT2D eigenvalue weighted by atomic mass is 32.2. The molecule has 0 radical (unpaired) electrons. The van der Waals surface area contributed by atoms with Gasteiger partial charge in [0.25, 0.3) is 0 Å². The molecule has 0 aliphatic heterocycles. The summed E-state index contributed by atoms with van der Waals surface area (Å²) in [6, 6.07) is 8.40. The Kier molecular flexibility index (Phi) is 4.22. The molecule has 2 rings (SSSR count). The molecule has 1 aromatic carbocycles. The van der Waals surface area contributed by atoms with Gasteiger partial charge in [0.15, 0.2) is 5.76 Å². The molecule has 0 bridgehead atoms. The third-order valence-electron chi connectivity index (χ3n) is 2.97. The van der Waals surface area contributed by atoms with E-state index in [1.807, 2.05) is 19.9 Å². The molecule has 0 aliphatic carbocycles. The molecule has 6 nitrogen and oxygen atoms in total. The average Bonchev–Trinajstić information content (AvgIpc) is 2.81. The van der Waals surface area contributed by atoms with Gasteiger partial charge in [0, 0.05) is 12.1 Å². The van der Waals surface area contributed by atoms with Crippen molar-refractivity contribution >= 4 is 10.0 Å². The lowest BCUT2D eigenvalue weighted by atomic mass is 10.1. The Labute approximate surface area is 118 Å². The number of nitrogens with zero attached hydrogens (tertiary/aromatic N) is 1. The molecule has 1 heterocycles. The van der Waals surface area contributed by atoms with Gasteiger partial charge in [0.2, 0.25) is 10.0 Å². The van der Waals surface area contributed by atoms with Crippen molar-refractivity contribution in [1.82, 2.24) is 10.5 Å². The molecule has 1 atom stereocenters. The third kappa shape index (κ3) is 3.66. The van der Waals surface area contributed by atoms with Gasteiger partial charge >= 0.3 is 0 Å². The summed E-state index contributed by atoms with van der Waals surface area (Å²) in [4.78, 5) is 0.110. The molecule has 3 N–H and O–H groups in total. The minimum absolute atomic E-state index is 0.0509. The van der Waals surface area contributed by atoms with Crippen molar-refractivity contribution in [3.8, 4) is 0 Å². The van der Waals surface area contributed by atoms with E-state index in [0.29, 0.717) is 6.54 Å². The SMILES string of the molecule is Cc1cc(CNC(C)c2ccc(S(N)(=O)=O)cc2)on1. The van der Waals surface area contributed by atoms with Crippen LogP contribution in [0, 0.1) is 6.92 Å². The minimum Gasteiger partial charge on any atom is -0.360 e. The Balaban J connectivity index is 2.00. The maximum absolute atomic E-state index is 11.2. The van der Waals surface area contributed by atoms with Crippen LogP contribution in [0.25, 0.3) is 0 Å². The third-order valence-corrected chi connectivity index (χ3v) is 3.90. The first-order valence-corrected chi connectivity index (χ1v) is 7.69. The summed E-state index contributed by atoms with van der Waals surface area (Å²) in [5.74, 6) is 0.760. The smallest absolute Gasteiger partial charge is 0.238 e. The maximum atomic E-state index is 11.2. The van der Waals surface area contributed by atoms with E-state index < -0.39 is 10.0 Å². The molecule has 7 heteroatoms. The van der Waals surface area contributed by atoms with Crippen LogP contribution in [0.1, 0.15) is 30.0 Å². The molecule has 2 aromatic rings. The summed E-state index contributed by atoms with van der Waals surface area (Å²) in [7, 11) is -3.64. The van der Waals surface area contributed by atoms with Gasteiger partial charge in [-0.25, -0.2) is 13.6 Å². The zero-order valence-electron chi connectivity index (χ0n) is 11.3. The van der Waals surface area contributed by atoms with Crippen molar-refractivity contribution in [1.29, 1.82) is 0 Å². The summed E-state index contributed by atoms with van der Waals surface area (Å²) >= 11 is 0. The van der Waals surface area contributed by atoms with E-state index >= 15 is 0 Å². The van der Waals surface area contributed by atoms with Crippen molar-refractivity contribution in [2.75, 3.05) is 0 Å². The molecular weight excluding hydrogens is 278 g/mol. The molecule has 0 aliphatic rings. The normalized spacial score (nSPS) is 13.3. The minimum atomic E-state index is -3.64. The molecule has 0 amide bonds. The highest BCUT2D eigenvalue weighted by Crippen LogP contribution is 2.16. The van der Waals surface area contributed by atoms with Crippen LogP contribution in [0.3, 0.4) is 0 Å². The van der Waals surface area contributed by atoms with Crippen molar-refractivity contribution in [2.24, 2.45) is 5.14 Å². The lowest BCUT2D eigenvalue weighted by Crippen LogP contribution is -2.18. The van der Waals surface area contributed by atoms with Crippen molar-refractivity contribution < 1.29 is 12.9 Å². The van der Waals surface area contributed by atoms with Crippen LogP contribution in [0.15, 0.2) is 39.8 Å². The van der Waals surface area contributed by atoms with E-state index in [4.69, 9.17) is 9.66 Å². The Morgan fingerprint density at radius 1 is 1.35 bits per heavy atom. The molecule has 0 spiro atoms. The largest absolute Gasteiger partial charge is 0.360 e. The predicted octanol–water partition coefficient (Wildman–Crippen LogP) is 1.48. The number of aromatic nitrogens is 1. The van der Waals surface area contributed by atoms with Gasteiger partial charge in [-0.05, 0) is 31.5 Å². The monoisotopic (exact) mass is 295 g/mol. The Morgan fingerprint density at radius 2 is 2.00 bits per heavy atom. The lowest BCUT2D eigenvalue weighted by Gasteiger charge is -2.13. The van der Waals surface area contributed by atoms with Gasteiger partial charge in [-0.1, -0.05) is 17.3 Å². The molecule has 0 fully saturated rings. The zero-order chi connectivity index (χ0) is 14.8. The summed E-state index contributed by atoms with van der Waals surface area (Å²) in [6.45, 7) is 4.40. The molecule has 1 aromatic heterocycles. The van der Waals surface area contributed by atoms with Crippen LogP contribution < -0.4 is 10.5 Å². The predicted molar refractivity (Wildman–Crippen MR) is 74.3 cm³/mol. The van der Waals surface area contributed by atoms with Gasteiger partial charge in [-0.3, -0.25) is 0 Å². The Hall–Kier alpha value is -1.70. The van der Waals surface area contributed by atoms with Gasteiger partial charge < -0.3 is 9.84 Å². The van der Waals surface area contributed by atoms with Crippen molar-refractivity contribution in [3.63, 3.8) is 0 Å². The number of sulfonamides is 1. The topological polar surface area (TPSA) is 98.2 Å². The number of rotatable bonds is 5. The fourth-order valence-corrected chi connectivity index (χ4v) is 2.33. The number of nitrogens with two attached hydrogens (primary N) is 1. The van der Waals surface area contributed by atoms with Crippen molar-refractivity contribution in [2.45, 2.75) is 31.3 Å². The second-order valence-corrected chi connectivity index (χ2v) is 6.21. The van der Waals surface area contributed by atoms with E-state index in [0.717, 1.165) is 17.0 Å². The highest BCUT2D eigenvalue weighted by molar-refractivity contribution is 7.89. The van der Waals surface area contributed by atoms with Gasteiger partial charge in [0.1, 0.15) is 0 Å². The fraction of sp³-hybridized carbons (Fsp3) is 0.308. The Morgan fingerprint density at radius 3 is 2.50 bits per heavy atom. The molecular formula is C13H17N3O3S. The number of nitrogens with one attached hydrogen (secondary N) is 1. The Bertz CT molecular complexity index is 677. The summed E-state index contributed by atoms with van der Waals surface area (Å²) in [5, 5.41) is 12.1. The van der Waals surface area contributed by atoms with E-state index in [2.05, 4.69) is 10.5 Å². The second-order valence-electron chi connectivity index (χ2n) is 4.65. The number of benzene rings is 1. The van der Waals surface area contributed by atoms with Crippen LogP contribution in [-0.2, 0) is 16.6 Å². The molecule has 108 valence electrons. The van der Waals surface area contributed by atoms with E-state index in [-0.39, 0.29) is 10.9 Å². The number of hydrogen-bond donors (Lipinski definition) is 2. The van der Waals surface area contributed by atoms with E-state index in [9.17, 15) is 8.42 Å². The standard InChI is InChI=1S/C13H17N3O3S/c1-9-7-12(19-16-9)8-15-10(2)11-3-5-13(6-4-11)20(14,17)18/h3-7,10,15H,8H2,1-2H3,(H2,14,17,18). The van der Waals surface area contributed by atoms with Gasteiger partial charge in [0.05, 0.1) is 17.1 Å². The van der Waals surface area contributed by atoms with Crippen LogP contribution in [0.4, 0.5) is 0 Å². The first-order chi connectivity index (χ1) is 9.36. The second kappa shape index (κ2) is 5.74. The van der Waals surface area contributed by atoms with E-state index in [1.165, 1.54) is 12.1 Å². The lowest BCUT2D eigenvalue weighted by molar-refractivity contribution is 0.363. The van der Waals surface area contributed by atoms with Crippen LogP contribution in [0.2, 0.25) is 0 Å². The summed E-state index contributed by atoms with van der Waals surface area (Å²) in [6.07, 6.45) is 0. The van der Waals surface area contributed by atoms with Gasteiger partial charge in [-0.15, -0.1) is 0 Å². The fourth-order valence-electron chi connectivity index (χ4n) is 1.82. The zero-order valence-corrected chi connectivity index (χ0v) is 12.1. The summed E-state index contributed by atoms with van der Waals surface area (Å²) in [5.41, 5.74) is 1.81. The first-order valence-electron chi connectivity index (χ1n) is 6.14. The maximum Gasteiger partial charge on any atom is 0.238 e. The molecule has 20 heavy (non-hydrogen) atoms. The highest BCUT2D eigenvalue weighted by Gasteiger charge is 2.10. The van der Waals surface area contributed by atoms with Crippen LogP contribution in [0.5, 0.6) is 0 Å². The van der Waals surface area contributed by atoms with Crippen LogP contribution in [-0.4, -0.2) is 13.6 Å². The number of primary sulfonamides is 1. The van der Waals surface area contributed by atoms with Crippen molar-refractivity contribution in [3.05, 3.63) is 47.3 Å². The number of aryl methyl sites for hydroxylation is 1. The summed E-state index contributed by atoms with van der Waals surface area (Å²) < 4.78 is 27.4. The molecule has 0 saturated heterocycles. The van der Waals surface area contributed by atoms with Crippen LogP contribution >= 0.6 is 0 Å². The quantitative estimate of drug-likeness (QED) is 0.870. The molecule has 0 saturated carbocycles. The number of hydrogen-bond acceptors (Lipinski definition) is 5. The first kappa shape index (κ1) is 14.7. The average molecular weight is 295 g/mol.